The number of nitrogens with zero attached hydrogens (tertiary/aromatic N) is 1. The van der Waals surface area contributed by atoms with Crippen LogP contribution in [0.5, 0.6) is 11.5 Å². The summed E-state index contributed by atoms with van der Waals surface area (Å²) in [6.07, 6.45) is 1.36. The highest BCUT2D eigenvalue weighted by Gasteiger charge is 2.19. The fourth-order valence-electron chi connectivity index (χ4n) is 1.64. The van der Waals surface area contributed by atoms with Crippen molar-refractivity contribution in [2.24, 2.45) is 0 Å². The molecular weight excluding hydrogens is 227 g/mol. The van der Waals surface area contributed by atoms with E-state index in [1.807, 2.05) is 0 Å². The first-order chi connectivity index (χ1) is 8.06. The molecule has 0 radical (unpaired) electrons. The van der Waals surface area contributed by atoms with E-state index in [-0.39, 0.29) is 17.4 Å². The van der Waals surface area contributed by atoms with Crippen LogP contribution < -0.4 is 10.5 Å². The van der Waals surface area contributed by atoms with Gasteiger partial charge in [-0.05, 0) is 18.6 Å². The zero-order chi connectivity index (χ0) is 12.6. The number of phenolic OH excluding ortho intramolecular Hbond substituents is 1. The Morgan fingerprint density at radius 3 is 2.71 bits per heavy atom. The normalized spacial score (nSPS) is 10.5. The van der Waals surface area contributed by atoms with Gasteiger partial charge in [0, 0.05) is 5.56 Å². The van der Waals surface area contributed by atoms with Crippen LogP contribution in [-0.2, 0) is 0 Å². The predicted molar refractivity (Wildman–Crippen MR) is 59.3 cm³/mol. The number of phenols is 1. The first-order valence-electron chi connectivity index (χ1n) is 4.82. The second-order valence-electron chi connectivity index (χ2n) is 3.52. The Hall–Kier alpha value is -2.24. The van der Waals surface area contributed by atoms with Crippen molar-refractivity contribution in [2.75, 3.05) is 12.8 Å². The van der Waals surface area contributed by atoms with Crippen LogP contribution in [-0.4, -0.2) is 17.4 Å². The number of nitrogens with two attached hydrogens (primary N) is 1. The standard InChI is InChI=1S/C11H11FN2O3/c1-5-6(7-4-14-17-11(7)13)3-8(12)10(16-2)9(5)15/h3-4,15H,13H2,1-2H3. The van der Waals surface area contributed by atoms with Crippen molar-refractivity contribution >= 4 is 5.88 Å². The summed E-state index contributed by atoms with van der Waals surface area (Å²) >= 11 is 0. The number of hydrogen-bond acceptors (Lipinski definition) is 5. The molecule has 0 bridgehead atoms. The molecule has 5 nitrogen and oxygen atoms in total. The van der Waals surface area contributed by atoms with Gasteiger partial charge in [0.05, 0.1) is 18.9 Å². The van der Waals surface area contributed by atoms with Crippen molar-refractivity contribution in [1.29, 1.82) is 0 Å². The third-order valence-corrected chi connectivity index (χ3v) is 2.55. The van der Waals surface area contributed by atoms with Crippen LogP contribution in [0.15, 0.2) is 16.8 Å². The molecule has 0 atom stereocenters. The molecule has 2 rings (SSSR count). The van der Waals surface area contributed by atoms with E-state index in [9.17, 15) is 9.50 Å². The largest absolute Gasteiger partial charge is 0.504 e. The number of halogens is 1. The number of aromatic hydroxyl groups is 1. The molecule has 0 amide bonds. The number of aromatic nitrogens is 1. The van der Waals surface area contributed by atoms with E-state index in [0.29, 0.717) is 16.7 Å². The molecular formula is C11H11FN2O3. The molecule has 1 aromatic carbocycles. The lowest BCUT2D eigenvalue weighted by molar-refractivity contribution is 0.350. The molecule has 0 spiro atoms. The van der Waals surface area contributed by atoms with Crippen molar-refractivity contribution < 1.29 is 18.8 Å². The SMILES string of the molecule is COc1c(F)cc(-c2cnoc2N)c(C)c1O. The monoisotopic (exact) mass is 238 g/mol. The predicted octanol–water partition coefficient (Wildman–Crippen LogP) is 2.09. The molecule has 0 fully saturated rings. The smallest absolute Gasteiger partial charge is 0.229 e. The van der Waals surface area contributed by atoms with Gasteiger partial charge in [-0.3, -0.25) is 0 Å². The van der Waals surface area contributed by atoms with Crippen LogP contribution >= 0.6 is 0 Å². The summed E-state index contributed by atoms with van der Waals surface area (Å²) < 4.78 is 23.1. The average molecular weight is 238 g/mol. The maximum Gasteiger partial charge on any atom is 0.229 e. The first kappa shape index (κ1) is 11.3. The lowest BCUT2D eigenvalue weighted by atomic mass is 10.0. The fourth-order valence-corrected chi connectivity index (χ4v) is 1.64. The van der Waals surface area contributed by atoms with E-state index in [0.717, 1.165) is 0 Å². The van der Waals surface area contributed by atoms with Crippen LogP contribution in [0.4, 0.5) is 10.3 Å². The Labute approximate surface area is 96.6 Å². The number of benzene rings is 1. The number of methoxy groups -OCH3 is 1. The Bertz CT molecular complexity index is 566. The van der Waals surface area contributed by atoms with Crippen LogP contribution in [0.1, 0.15) is 5.56 Å². The van der Waals surface area contributed by atoms with Gasteiger partial charge in [-0.25, -0.2) is 4.39 Å². The first-order valence-corrected chi connectivity index (χ1v) is 4.82. The van der Waals surface area contributed by atoms with Gasteiger partial charge in [0.25, 0.3) is 0 Å². The van der Waals surface area contributed by atoms with Gasteiger partial charge in [-0.1, -0.05) is 5.16 Å². The van der Waals surface area contributed by atoms with E-state index in [2.05, 4.69) is 5.16 Å². The summed E-state index contributed by atoms with van der Waals surface area (Å²) in [5.74, 6) is -1.06. The maximum atomic E-state index is 13.6. The zero-order valence-electron chi connectivity index (χ0n) is 9.32. The van der Waals surface area contributed by atoms with Crippen molar-refractivity contribution in [3.05, 3.63) is 23.6 Å². The third-order valence-electron chi connectivity index (χ3n) is 2.55. The molecule has 0 unspecified atom stereocenters. The summed E-state index contributed by atoms with van der Waals surface area (Å²) in [7, 11) is 1.28. The number of anilines is 1. The highest BCUT2D eigenvalue weighted by molar-refractivity contribution is 5.77. The van der Waals surface area contributed by atoms with Crippen LogP contribution in [0.2, 0.25) is 0 Å². The molecule has 2 aromatic rings. The minimum atomic E-state index is -0.675. The second kappa shape index (κ2) is 3.97. The van der Waals surface area contributed by atoms with E-state index < -0.39 is 5.82 Å². The van der Waals surface area contributed by atoms with Crippen molar-refractivity contribution in [1.82, 2.24) is 5.16 Å². The fraction of sp³-hybridized carbons (Fsp3) is 0.182. The van der Waals surface area contributed by atoms with Crippen molar-refractivity contribution in [3.63, 3.8) is 0 Å². The van der Waals surface area contributed by atoms with Gasteiger partial charge >= 0.3 is 0 Å². The number of rotatable bonds is 2. The molecule has 0 aliphatic carbocycles. The third kappa shape index (κ3) is 1.67. The highest BCUT2D eigenvalue weighted by atomic mass is 19.1. The van der Waals surface area contributed by atoms with E-state index in [1.165, 1.54) is 19.4 Å². The molecule has 90 valence electrons. The lowest BCUT2D eigenvalue weighted by Gasteiger charge is -2.11. The topological polar surface area (TPSA) is 81.5 Å². The number of ether oxygens (including phenoxy) is 1. The summed E-state index contributed by atoms with van der Waals surface area (Å²) in [4.78, 5) is 0. The van der Waals surface area contributed by atoms with Crippen molar-refractivity contribution in [2.45, 2.75) is 6.92 Å². The Morgan fingerprint density at radius 2 is 2.18 bits per heavy atom. The quantitative estimate of drug-likeness (QED) is 0.837. The Morgan fingerprint density at radius 1 is 1.47 bits per heavy atom. The summed E-state index contributed by atoms with van der Waals surface area (Å²) in [6, 6.07) is 1.22. The Balaban J connectivity index is 2.69. The van der Waals surface area contributed by atoms with Crippen LogP contribution in [0.25, 0.3) is 11.1 Å². The van der Waals surface area contributed by atoms with E-state index in [1.54, 1.807) is 6.92 Å². The average Bonchev–Trinajstić information content (AvgIpc) is 2.71. The van der Waals surface area contributed by atoms with E-state index >= 15 is 0 Å². The van der Waals surface area contributed by atoms with Gasteiger partial charge < -0.3 is 20.1 Å². The summed E-state index contributed by atoms with van der Waals surface area (Å²) in [5, 5.41) is 13.3. The second-order valence-corrected chi connectivity index (χ2v) is 3.52. The van der Waals surface area contributed by atoms with Gasteiger partial charge in [0.2, 0.25) is 5.88 Å². The number of hydrogen-bond donors (Lipinski definition) is 2. The van der Waals surface area contributed by atoms with E-state index in [4.69, 9.17) is 15.0 Å². The molecule has 3 N–H and O–H groups in total. The van der Waals surface area contributed by atoms with Gasteiger partial charge in [0.15, 0.2) is 17.3 Å². The summed E-state index contributed by atoms with van der Waals surface area (Å²) in [5.41, 5.74) is 6.84. The van der Waals surface area contributed by atoms with Gasteiger partial charge in [-0.2, -0.15) is 0 Å². The molecule has 6 heteroatoms. The molecule has 1 aromatic heterocycles. The highest BCUT2D eigenvalue weighted by Crippen LogP contribution is 2.40. The lowest BCUT2D eigenvalue weighted by Crippen LogP contribution is -1.94. The van der Waals surface area contributed by atoms with Crippen LogP contribution in [0.3, 0.4) is 0 Å². The summed E-state index contributed by atoms with van der Waals surface area (Å²) in [6.45, 7) is 1.62. The molecule has 0 saturated heterocycles. The van der Waals surface area contributed by atoms with Crippen LogP contribution in [0, 0.1) is 12.7 Å². The van der Waals surface area contributed by atoms with Gasteiger partial charge in [0.1, 0.15) is 0 Å². The molecule has 1 heterocycles. The van der Waals surface area contributed by atoms with Gasteiger partial charge in [-0.15, -0.1) is 0 Å². The number of nitrogen functional groups attached to an aromatic ring is 1. The molecule has 0 saturated carbocycles. The minimum absolute atomic E-state index is 0.0667. The molecule has 0 aliphatic rings. The molecule has 0 aliphatic heterocycles. The minimum Gasteiger partial charge on any atom is -0.504 e. The molecule has 17 heavy (non-hydrogen) atoms. The zero-order valence-corrected chi connectivity index (χ0v) is 9.32. The Kier molecular flexibility index (Phi) is 2.63. The van der Waals surface area contributed by atoms with Crippen molar-refractivity contribution in [3.8, 4) is 22.6 Å². The maximum absolute atomic E-state index is 13.6.